The van der Waals surface area contributed by atoms with E-state index in [1.807, 2.05) is 0 Å². The number of ether oxygens (including phenoxy) is 3. The molecule has 1 aromatic carbocycles. The molecule has 0 amide bonds. The first-order chi connectivity index (χ1) is 11.1. The summed E-state index contributed by atoms with van der Waals surface area (Å²) in [6, 6.07) is 5.21. The van der Waals surface area contributed by atoms with E-state index in [4.69, 9.17) is 25.7 Å². The van der Waals surface area contributed by atoms with E-state index in [0.717, 1.165) is 0 Å². The molecule has 1 aliphatic heterocycles. The molecule has 23 heavy (non-hydrogen) atoms. The average molecular weight is 316 g/mol. The van der Waals surface area contributed by atoms with Crippen molar-refractivity contribution in [3.63, 3.8) is 0 Å². The molecular formula is C15H16N4O4. The van der Waals surface area contributed by atoms with Gasteiger partial charge in [0.15, 0.2) is 11.5 Å². The number of hydrogen-bond donors (Lipinski definition) is 2. The van der Waals surface area contributed by atoms with Gasteiger partial charge in [0.1, 0.15) is 24.6 Å². The summed E-state index contributed by atoms with van der Waals surface area (Å²) in [5, 5.41) is 0. The number of carbonyl (C=O) groups is 1. The third kappa shape index (κ3) is 2.83. The van der Waals surface area contributed by atoms with Gasteiger partial charge in [0.2, 0.25) is 5.95 Å². The highest BCUT2D eigenvalue weighted by atomic mass is 16.6. The molecule has 8 nitrogen and oxygen atoms in total. The molecule has 0 spiro atoms. The number of carbonyl (C=O) groups excluding carboxylic acids is 1. The van der Waals surface area contributed by atoms with Crippen LogP contribution in [0.1, 0.15) is 17.3 Å². The molecule has 8 heteroatoms. The minimum absolute atomic E-state index is 0.0270. The summed E-state index contributed by atoms with van der Waals surface area (Å²) in [5.74, 6) is 0.545. The van der Waals surface area contributed by atoms with Gasteiger partial charge in [0, 0.05) is 5.56 Å². The van der Waals surface area contributed by atoms with Gasteiger partial charge in [0.25, 0.3) is 0 Å². The number of nitrogen functional groups attached to an aromatic ring is 2. The van der Waals surface area contributed by atoms with Crippen LogP contribution in [0.3, 0.4) is 0 Å². The fraction of sp³-hybridized carbons (Fsp3) is 0.267. The zero-order valence-electron chi connectivity index (χ0n) is 12.5. The lowest BCUT2D eigenvalue weighted by Crippen LogP contribution is -2.16. The van der Waals surface area contributed by atoms with Crippen LogP contribution in [0.15, 0.2) is 18.2 Å². The minimum Gasteiger partial charge on any atom is -0.486 e. The van der Waals surface area contributed by atoms with Gasteiger partial charge in [-0.1, -0.05) is 0 Å². The molecule has 3 rings (SSSR count). The standard InChI is InChI=1S/C15H16N4O4/c1-2-21-14(20)11-12(18-15(17)19-13(11)16)8-3-4-9-10(7-8)23-6-5-22-9/h3-4,7H,2,5-6H2,1H3,(H4,16,17,18,19). The quantitative estimate of drug-likeness (QED) is 0.811. The zero-order valence-corrected chi connectivity index (χ0v) is 12.5. The minimum atomic E-state index is -0.602. The maximum Gasteiger partial charge on any atom is 0.344 e. The summed E-state index contributed by atoms with van der Waals surface area (Å²) in [7, 11) is 0. The molecule has 2 aromatic rings. The van der Waals surface area contributed by atoms with Crippen LogP contribution in [0.4, 0.5) is 11.8 Å². The molecule has 0 fully saturated rings. The Kier molecular flexibility index (Phi) is 3.88. The predicted molar refractivity (Wildman–Crippen MR) is 83.2 cm³/mol. The van der Waals surface area contributed by atoms with Gasteiger partial charge in [-0.05, 0) is 25.1 Å². The van der Waals surface area contributed by atoms with Crippen molar-refractivity contribution in [3.8, 4) is 22.8 Å². The number of fused-ring (bicyclic) bond motifs is 1. The van der Waals surface area contributed by atoms with Gasteiger partial charge in [0.05, 0.1) is 12.3 Å². The highest BCUT2D eigenvalue weighted by Gasteiger charge is 2.23. The summed E-state index contributed by atoms with van der Waals surface area (Å²) < 4.78 is 16.1. The number of nitrogens with zero attached hydrogens (tertiary/aromatic N) is 2. The van der Waals surface area contributed by atoms with Crippen molar-refractivity contribution in [1.82, 2.24) is 9.97 Å². The normalized spacial score (nSPS) is 12.7. The van der Waals surface area contributed by atoms with E-state index in [0.29, 0.717) is 36.0 Å². The fourth-order valence-corrected chi connectivity index (χ4v) is 2.30. The van der Waals surface area contributed by atoms with Crippen LogP contribution in [0.5, 0.6) is 11.5 Å². The number of esters is 1. The predicted octanol–water partition coefficient (Wildman–Crippen LogP) is 1.26. The lowest BCUT2D eigenvalue weighted by atomic mass is 10.1. The lowest BCUT2D eigenvalue weighted by Gasteiger charge is -2.19. The summed E-state index contributed by atoms with van der Waals surface area (Å²) >= 11 is 0. The van der Waals surface area contributed by atoms with Gasteiger partial charge < -0.3 is 25.7 Å². The van der Waals surface area contributed by atoms with Crippen molar-refractivity contribution >= 4 is 17.7 Å². The summed E-state index contributed by atoms with van der Waals surface area (Å²) in [6.07, 6.45) is 0. The molecule has 0 atom stereocenters. The van der Waals surface area contributed by atoms with Gasteiger partial charge in [-0.3, -0.25) is 0 Å². The van der Waals surface area contributed by atoms with Crippen molar-refractivity contribution < 1.29 is 19.0 Å². The first-order valence-electron chi connectivity index (χ1n) is 7.10. The lowest BCUT2D eigenvalue weighted by molar-refractivity contribution is 0.0528. The smallest absolute Gasteiger partial charge is 0.344 e. The number of anilines is 2. The monoisotopic (exact) mass is 316 g/mol. The maximum atomic E-state index is 12.2. The molecule has 0 saturated heterocycles. The van der Waals surface area contributed by atoms with Gasteiger partial charge in [-0.15, -0.1) is 0 Å². The van der Waals surface area contributed by atoms with E-state index in [1.165, 1.54) is 0 Å². The van der Waals surface area contributed by atoms with Crippen LogP contribution in [-0.2, 0) is 4.74 Å². The molecule has 0 saturated carbocycles. The first-order valence-corrected chi connectivity index (χ1v) is 7.10. The van der Waals surface area contributed by atoms with E-state index >= 15 is 0 Å². The Bertz CT molecular complexity index is 763. The van der Waals surface area contributed by atoms with Crippen molar-refractivity contribution in [3.05, 3.63) is 23.8 Å². The largest absolute Gasteiger partial charge is 0.486 e. The highest BCUT2D eigenvalue weighted by molar-refractivity contribution is 6.00. The number of nitrogens with two attached hydrogens (primary N) is 2. The molecule has 0 radical (unpaired) electrons. The Hall–Kier alpha value is -3.03. The van der Waals surface area contributed by atoms with Gasteiger partial charge >= 0.3 is 5.97 Å². The number of aromatic nitrogens is 2. The highest BCUT2D eigenvalue weighted by Crippen LogP contribution is 2.36. The van der Waals surface area contributed by atoms with Crippen LogP contribution in [0.2, 0.25) is 0 Å². The summed E-state index contributed by atoms with van der Waals surface area (Å²) in [6.45, 7) is 2.86. The first kappa shape index (κ1) is 14.9. The SMILES string of the molecule is CCOC(=O)c1c(N)nc(N)nc1-c1ccc2c(c1)OCCO2. The summed E-state index contributed by atoms with van der Waals surface area (Å²) in [4.78, 5) is 20.2. The number of rotatable bonds is 3. The topological polar surface area (TPSA) is 123 Å². The van der Waals surface area contributed by atoms with E-state index in [9.17, 15) is 4.79 Å². The summed E-state index contributed by atoms with van der Waals surface area (Å²) in [5.41, 5.74) is 12.5. The second kappa shape index (κ2) is 5.99. The second-order valence-corrected chi connectivity index (χ2v) is 4.77. The Labute approximate surface area is 132 Å². The molecule has 1 aliphatic rings. The Morgan fingerprint density at radius 3 is 2.70 bits per heavy atom. The molecule has 2 heterocycles. The Morgan fingerprint density at radius 1 is 1.22 bits per heavy atom. The van der Waals surface area contributed by atoms with Crippen molar-refractivity contribution in [2.24, 2.45) is 0 Å². The molecular weight excluding hydrogens is 300 g/mol. The van der Waals surface area contributed by atoms with E-state index in [1.54, 1.807) is 25.1 Å². The number of hydrogen-bond acceptors (Lipinski definition) is 8. The van der Waals surface area contributed by atoms with E-state index < -0.39 is 5.97 Å². The van der Waals surface area contributed by atoms with E-state index in [-0.39, 0.29) is 23.9 Å². The third-order valence-corrected chi connectivity index (χ3v) is 3.25. The van der Waals surface area contributed by atoms with Gasteiger partial charge in [-0.2, -0.15) is 4.98 Å². The van der Waals surface area contributed by atoms with Crippen molar-refractivity contribution in [2.75, 3.05) is 31.3 Å². The maximum absolute atomic E-state index is 12.2. The van der Waals surface area contributed by atoms with Gasteiger partial charge in [-0.25, -0.2) is 9.78 Å². The van der Waals surface area contributed by atoms with Crippen LogP contribution in [-0.4, -0.2) is 35.8 Å². The molecule has 0 unspecified atom stereocenters. The Balaban J connectivity index is 2.13. The number of benzene rings is 1. The van der Waals surface area contributed by atoms with Crippen LogP contribution < -0.4 is 20.9 Å². The molecule has 0 bridgehead atoms. The Morgan fingerprint density at radius 2 is 1.96 bits per heavy atom. The zero-order chi connectivity index (χ0) is 16.4. The van der Waals surface area contributed by atoms with E-state index in [2.05, 4.69) is 9.97 Å². The second-order valence-electron chi connectivity index (χ2n) is 4.77. The van der Waals surface area contributed by atoms with Crippen LogP contribution in [0, 0.1) is 0 Å². The van der Waals surface area contributed by atoms with Crippen LogP contribution >= 0.6 is 0 Å². The molecule has 4 N–H and O–H groups in total. The molecule has 1 aromatic heterocycles. The van der Waals surface area contributed by atoms with Crippen molar-refractivity contribution in [1.29, 1.82) is 0 Å². The molecule has 0 aliphatic carbocycles. The fourth-order valence-electron chi connectivity index (χ4n) is 2.30. The van der Waals surface area contributed by atoms with Crippen LogP contribution in [0.25, 0.3) is 11.3 Å². The van der Waals surface area contributed by atoms with Crippen molar-refractivity contribution in [2.45, 2.75) is 6.92 Å². The third-order valence-electron chi connectivity index (χ3n) is 3.25. The molecule has 120 valence electrons. The average Bonchev–Trinajstić information content (AvgIpc) is 2.53.